The van der Waals surface area contributed by atoms with Gasteiger partial charge in [-0.05, 0) is 23.8 Å². The van der Waals surface area contributed by atoms with Crippen LogP contribution in [0.25, 0.3) is 11.1 Å². The lowest BCUT2D eigenvalue weighted by atomic mass is 10.0. The third-order valence-corrected chi connectivity index (χ3v) is 5.59. The molecule has 0 saturated heterocycles. The number of halogens is 2. The Morgan fingerprint density at radius 3 is 2.73 bits per heavy atom. The molecule has 2 aromatic carbocycles. The highest BCUT2D eigenvalue weighted by Gasteiger charge is 2.20. The van der Waals surface area contributed by atoms with Gasteiger partial charge in [0.2, 0.25) is 0 Å². The second-order valence-electron chi connectivity index (χ2n) is 7.15. The second-order valence-corrected chi connectivity index (χ2v) is 7.53. The lowest BCUT2D eigenvalue weighted by Crippen LogP contribution is -2.33. The average molecular weight is 426 g/mol. The zero-order valence-electron chi connectivity index (χ0n) is 16.2. The predicted molar refractivity (Wildman–Crippen MR) is 115 cm³/mol. The molecule has 3 aromatic rings. The minimum absolute atomic E-state index is 0.121. The van der Waals surface area contributed by atoms with Gasteiger partial charge in [-0.3, -0.25) is 9.69 Å². The Hall–Kier alpha value is -2.80. The van der Waals surface area contributed by atoms with E-state index in [9.17, 15) is 9.18 Å². The maximum absolute atomic E-state index is 14.2. The van der Waals surface area contributed by atoms with Crippen molar-refractivity contribution in [3.05, 3.63) is 82.4 Å². The zero-order chi connectivity index (χ0) is 21.1. The van der Waals surface area contributed by atoms with Crippen LogP contribution in [-0.2, 0) is 13.0 Å². The van der Waals surface area contributed by atoms with E-state index in [0.717, 1.165) is 24.2 Å². The van der Waals surface area contributed by atoms with E-state index >= 15 is 0 Å². The number of hydrogen-bond acceptors (Lipinski definition) is 4. The molecule has 2 N–H and O–H groups in total. The van der Waals surface area contributed by atoms with Crippen LogP contribution in [0.4, 0.5) is 10.1 Å². The largest absolute Gasteiger partial charge is 0.395 e. The molecule has 4 rings (SSSR count). The molecule has 1 aliphatic rings. The van der Waals surface area contributed by atoms with Crippen LogP contribution in [-0.4, -0.2) is 40.6 Å². The van der Waals surface area contributed by atoms with Crippen molar-refractivity contribution in [3.63, 3.8) is 0 Å². The van der Waals surface area contributed by atoms with E-state index in [0.29, 0.717) is 35.6 Å². The van der Waals surface area contributed by atoms with Gasteiger partial charge >= 0.3 is 0 Å². The van der Waals surface area contributed by atoms with E-state index in [1.807, 2.05) is 6.07 Å². The summed E-state index contributed by atoms with van der Waals surface area (Å²) in [6.07, 6.45) is 0.722. The number of aromatic nitrogens is 1. The molecule has 7 heteroatoms. The van der Waals surface area contributed by atoms with Crippen molar-refractivity contribution in [2.24, 2.45) is 0 Å². The van der Waals surface area contributed by atoms with E-state index < -0.39 is 0 Å². The summed E-state index contributed by atoms with van der Waals surface area (Å²) in [6, 6.07) is 15.1. The van der Waals surface area contributed by atoms with Crippen molar-refractivity contribution in [2.75, 3.05) is 25.0 Å². The maximum atomic E-state index is 14.2. The Labute approximate surface area is 179 Å². The molecule has 154 valence electrons. The van der Waals surface area contributed by atoms with Crippen molar-refractivity contribution in [1.82, 2.24) is 9.88 Å². The van der Waals surface area contributed by atoms with Gasteiger partial charge in [-0.2, -0.15) is 0 Å². The van der Waals surface area contributed by atoms with Crippen LogP contribution in [0, 0.1) is 5.82 Å². The van der Waals surface area contributed by atoms with Crippen molar-refractivity contribution in [2.45, 2.75) is 13.0 Å². The number of benzene rings is 2. The number of rotatable bonds is 5. The van der Waals surface area contributed by atoms with Gasteiger partial charge in [0.15, 0.2) is 0 Å². The fourth-order valence-corrected chi connectivity index (χ4v) is 3.91. The zero-order valence-corrected chi connectivity index (χ0v) is 17.0. The summed E-state index contributed by atoms with van der Waals surface area (Å²) in [6.45, 7) is 2.25. The average Bonchev–Trinajstić information content (AvgIpc) is 2.75. The Balaban J connectivity index is 1.55. The number of fused-ring (bicyclic) bond motifs is 1. The van der Waals surface area contributed by atoms with Crippen LogP contribution in [0.5, 0.6) is 0 Å². The standard InChI is InChI=1S/C23H21ClFN3O2/c24-22-17(16-4-1-2-6-18(16)25)5-3-7-20(22)27-23(30)21-9-8-15-14-28(12-13-29)11-10-19(15)26-21/h1-9,29H,10-14H2,(H,27,30). The lowest BCUT2D eigenvalue weighted by molar-refractivity contribution is 0.102. The highest BCUT2D eigenvalue weighted by Crippen LogP contribution is 2.35. The number of β-amino-alcohol motifs (C(OH)–C–C–N with tert-alkyl or cyclic N) is 1. The Morgan fingerprint density at radius 1 is 1.13 bits per heavy atom. The van der Waals surface area contributed by atoms with Gasteiger partial charge in [0.05, 0.1) is 17.3 Å². The highest BCUT2D eigenvalue weighted by molar-refractivity contribution is 6.36. The van der Waals surface area contributed by atoms with Gasteiger partial charge in [-0.1, -0.05) is 48.0 Å². The highest BCUT2D eigenvalue weighted by atomic mass is 35.5. The van der Waals surface area contributed by atoms with E-state index in [1.165, 1.54) is 6.07 Å². The van der Waals surface area contributed by atoms with Crippen LogP contribution < -0.4 is 5.32 Å². The first-order valence-corrected chi connectivity index (χ1v) is 10.1. The minimum atomic E-state index is -0.380. The normalized spacial score (nSPS) is 13.7. The molecule has 0 aliphatic carbocycles. The van der Waals surface area contributed by atoms with Gasteiger partial charge in [-0.15, -0.1) is 0 Å². The quantitative estimate of drug-likeness (QED) is 0.644. The number of hydrogen-bond donors (Lipinski definition) is 2. The maximum Gasteiger partial charge on any atom is 0.274 e. The number of anilines is 1. The van der Waals surface area contributed by atoms with Gasteiger partial charge in [-0.25, -0.2) is 9.37 Å². The summed E-state index contributed by atoms with van der Waals surface area (Å²) < 4.78 is 14.2. The van der Waals surface area contributed by atoms with Crippen LogP contribution in [0.3, 0.4) is 0 Å². The molecule has 1 aromatic heterocycles. The number of aliphatic hydroxyl groups is 1. The molecule has 0 radical (unpaired) electrons. The van der Waals surface area contributed by atoms with E-state index in [2.05, 4.69) is 15.2 Å². The lowest BCUT2D eigenvalue weighted by Gasteiger charge is -2.27. The molecule has 30 heavy (non-hydrogen) atoms. The Bertz CT molecular complexity index is 1090. The number of pyridine rings is 1. The van der Waals surface area contributed by atoms with Gasteiger partial charge in [0.25, 0.3) is 5.91 Å². The molecule has 1 aliphatic heterocycles. The summed E-state index contributed by atoms with van der Waals surface area (Å²) >= 11 is 6.48. The van der Waals surface area contributed by atoms with Crippen molar-refractivity contribution >= 4 is 23.2 Å². The first-order chi connectivity index (χ1) is 14.6. The molecule has 0 unspecified atom stereocenters. The summed E-state index contributed by atoms with van der Waals surface area (Å²) in [5.41, 5.74) is 3.54. The predicted octanol–water partition coefficient (Wildman–Crippen LogP) is 4.14. The molecule has 2 heterocycles. The van der Waals surface area contributed by atoms with Gasteiger partial charge in [0.1, 0.15) is 11.5 Å². The molecule has 1 amide bonds. The third kappa shape index (κ3) is 4.21. The molecule has 0 spiro atoms. The number of carbonyl (C=O) groups is 1. The molecular formula is C23H21ClFN3O2. The van der Waals surface area contributed by atoms with E-state index in [-0.39, 0.29) is 23.4 Å². The topological polar surface area (TPSA) is 65.5 Å². The third-order valence-electron chi connectivity index (χ3n) is 5.19. The Morgan fingerprint density at radius 2 is 1.93 bits per heavy atom. The molecule has 0 fully saturated rings. The van der Waals surface area contributed by atoms with Crippen LogP contribution in [0.2, 0.25) is 5.02 Å². The number of carbonyl (C=O) groups excluding carboxylic acids is 1. The van der Waals surface area contributed by atoms with E-state index in [1.54, 1.807) is 42.5 Å². The fraction of sp³-hybridized carbons (Fsp3) is 0.217. The van der Waals surface area contributed by atoms with Gasteiger partial charge in [0, 0.05) is 42.9 Å². The van der Waals surface area contributed by atoms with Crippen LogP contribution >= 0.6 is 11.6 Å². The number of aliphatic hydroxyl groups excluding tert-OH is 1. The molecule has 5 nitrogen and oxygen atoms in total. The van der Waals surface area contributed by atoms with Crippen LogP contribution in [0.15, 0.2) is 54.6 Å². The Kier molecular flexibility index (Phi) is 6.08. The fourth-order valence-electron chi connectivity index (χ4n) is 3.64. The number of nitrogens with zero attached hydrogens (tertiary/aromatic N) is 2. The summed E-state index contributed by atoms with van der Waals surface area (Å²) in [5, 5.41) is 12.2. The summed E-state index contributed by atoms with van der Waals surface area (Å²) in [7, 11) is 0. The molecule has 0 bridgehead atoms. The first-order valence-electron chi connectivity index (χ1n) is 9.73. The van der Waals surface area contributed by atoms with E-state index in [4.69, 9.17) is 16.7 Å². The minimum Gasteiger partial charge on any atom is -0.395 e. The summed E-state index contributed by atoms with van der Waals surface area (Å²) in [5.74, 6) is -0.752. The van der Waals surface area contributed by atoms with Crippen molar-refractivity contribution in [1.29, 1.82) is 0 Å². The first kappa shape index (κ1) is 20.5. The smallest absolute Gasteiger partial charge is 0.274 e. The molecular weight excluding hydrogens is 405 g/mol. The van der Waals surface area contributed by atoms with Crippen molar-refractivity contribution in [3.8, 4) is 11.1 Å². The molecule has 0 saturated carbocycles. The van der Waals surface area contributed by atoms with Crippen LogP contribution in [0.1, 0.15) is 21.7 Å². The monoisotopic (exact) mass is 425 g/mol. The second kappa shape index (κ2) is 8.92. The summed E-state index contributed by atoms with van der Waals surface area (Å²) in [4.78, 5) is 19.5. The SMILES string of the molecule is O=C(Nc1cccc(-c2ccccc2F)c1Cl)c1ccc2c(n1)CCN(CCO)C2. The number of nitrogens with one attached hydrogen (secondary N) is 1. The van der Waals surface area contributed by atoms with Crippen molar-refractivity contribution < 1.29 is 14.3 Å². The van der Waals surface area contributed by atoms with Gasteiger partial charge < -0.3 is 10.4 Å². The number of amides is 1. The molecule has 0 atom stereocenters.